The van der Waals surface area contributed by atoms with Crippen molar-refractivity contribution in [2.24, 2.45) is 23.0 Å². The molecule has 0 spiro atoms. The minimum atomic E-state index is -0.779. The zero-order valence-electron chi connectivity index (χ0n) is 28.6. The number of nitrogens with two attached hydrogens (primary N) is 1. The Morgan fingerprint density at radius 3 is 2.49 bits per heavy atom. The van der Waals surface area contributed by atoms with Crippen LogP contribution in [-0.4, -0.2) is 68.5 Å². The van der Waals surface area contributed by atoms with E-state index in [0.717, 1.165) is 12.8 Å². The Bertz CT molecular complexity index is 1520. The minimum absolute atomic E-state index is 0.107. The van der Waals surface area contributed by atoms with Gasteiger partial charge in [0.25, 0.3) is 5.91 Å². The molecular weight excluding hydrogens is 603 g/mol. The number of ether oxygens (including phenoxy) is 4. The number of rotatable bonds is 11. The first-order valence-corrected chi connectivity index (χ1v) is 16.3. The zero-order chi connectivity index (χ0) is 34.3. The van der Waals surface area contributed by atoms with Crippen LogP contribution in [0.4, 0.5) is 0 Å². The Morgan fingerprint density at radius 1 is 1.11 bits per heavy atom. The molecule has 1 heterocycles. The molecule has 12 heteroatoms. The van der Waals surface area contributed by atoms with Crippen LogP contribution in [0.25, 0.3) is 0 Å². The number of methoxy groups -OCH3 is 1. The quantitative estimate of drug-likeness (QED) is 0.202. The number of carbonyl (C=O) groups is 3. The van der Waals surface area contributed by atoms with Gasteiger partial charge in [-0.15, -0.1) is 0 Å². The van der Waals surface area contributed by atoms with Crippen molar-refractivity contribution >= 4 is 25.0 Å². The second-order valence-electron chi connectivity index (χ2n) is 14.5. The van der Waals surface area contributed by atoms with E-state index < -0.39 is 42.1 Å². The van der Waals surface area contributed by atoms with E-state index >= 15 is 0 Å². The molecule has 1 saturated heterocycles. The van der Waals surface area contributed by atoms with Crippen molar-refractivity contribution < 1.29 is 42.6 Å². The van der Waals surface area contributed by atoms with Crippen molar-refractivity contribution in [1.82, 2.24) is 5.32 Å². The first-order chi connectivity index (χ1) is 22.1. The third-order valence-corrected chi connectivity index (χ3v) is 9.81. The maximum Gasteiger partial charge on any atom is 0.482 e. The molecular formula is C35H47BN2O9. The van der Waals surface area contributed by atoms with Gasteiger partial charge >= 0.3 is 19.1 Å². The molecule has 1 amide bonds. The van der Waals surface area contributed by atoms with Gasteiger partial charge in [0.05, 0.1) is 24.8 Å². The monoisotopic (exact) mass is 650 g/mol. The van der Waals surface area contributed by atoms with Crippen LogP contribution >= 0.6 is 0 Å². The number of esters is 2. The van der Waals surface area contributed by atoms with E-state index in [2.05, 4.69) is 26.1 Å². The minimum Gasteiger partial charge on any atom is -0.496 e. The van der Waals surface area contributed by atoms with Gasteiger partial charge < -0.3 is 39.3 Å². The van der Waals surface area contributed by atoms with Gasteiger partial charge in [0.15, 0.2) is 11.5 Å². The molecule has 3 saturated carbocycles. The highest BCUT2D eigenvalue weighted by Crippen LogP contribution is 2.65. The summed E-state index contributed by atoms with van der Waals surface area (Å²) in [7, 11) is 0.720. The number of para-hydroxylation sites is 1. The molecule has 47 heavy (non-hydrogen) atoms. The van der Waals surface area contributed by atoms with Crippen LogP contribution in [0.2, 0.25) is 0 Å². The summed E-state index contributed by atoms with van der Waals surface area (Å²) in [6.07, 6.45) is 2.07. The van der Waals surface area contributed by atoms with Crippen LogP contribution in [0.5, 0.6) is 17.2 Å². The Balaban J connectivity index is 1.47. The van der Waals surface area contributed by atoms with E-state index in [4.69, 9.17) is 34.0 Å². The molecule has 4 unspecified atom stereocenters. The number of amides is 1. The lowest BCUT2D eigenvalue weighted by atomic mass is 9.43. The van der Waals surface area contributed by atoms with Gasteiger partial charge in [-0.3, -0.25) is 9.59 Å². The van der Waals surface area contributed by atoms with E-state index in [-0.39, 0.29) is 48.0 Å². The smallest absolute Gasteiger partial charge is 0.482 e. The van der Waals surface area contributed by atoms with Crippen LogP contribution in [0.3, 0.4) is 0 Å². The van der Waals surface area contributed by atoms with Gasteiger partial charge in [-0.1, -0.05) is 26.0 Å². The largest absolute Gasteiger partial charge is 0.496 e. The number of hydrogen-bond donors (Lipinski definition) is 2. The Kier molecular flexibility index (Phi) is 9.70. The summed E-state index contributed by atoms with van der Waals surface area (Å²) in [5.74, 6) is -0.570. The average molecular weight is 651 g/mol. The van der Waals surface area contributed by atoms with Crippen LogP contribution in [0, 0.1) is 17.3 Å². The summed E-state index contributed by atoms with van der Waals surface area (Å²) in [5.41, 5.74) is 5.69. The summed E-state index contributed by atoms with van der Waals surface area (Å²) in [6.45, 7) is 13.9. The number of hydrogen-bond acceptors (Lipinski definition) is 10. The topological polar surface area (TPSA) is 145 Å². The number of benzene rings is 2. The van der Waals surface area contributed by atoms with Crippen LogP contribution in [0.1, 0.15) is 87.6 Å². The summed E-state index contributed by atoms with van der Waals surface area (Å²) in [4.78, 5) is 38.9. The summed E-state index contributed by atoms with van der Waals surface area (Å²) >= 11 is 0. The SMILES string of the molecule is COc1c(C[C@H](NC(=O)c2ccc(OCCN)c(OC(C)=O)c2)B2OC3CC4CC(C4(C)C)C3(C)O2)cccc1C(=O)OC(C)(C)C. The predicted octanol–water partition coefficient (Wildman–Crippen LogP) is 4.52. The highest BCUT2D eigenvalue weighted by Gasteiger charge is 2.68. The summed E-state index contributed by atoms with van der Waals surface area (Å²) in [5, 5.41) is 3.12. The standard InChI is InChI=1S/C35H47BN2O9/c1-20(39)44-26-16-22(12-13-25(26)43-15-14-37)31(40)38-29(36-46-28-19-23-18-27(34(23,5)6)35(28,7)47-36)17-21-10-9-11-24(30(21)42-8)32(41)45-33(2,3)4/h9-13,16,23,27-29H,14-15,17-19,37H2,1-8H3,(H,38,40)/t23?,27?,28?,29-,35?/m0/s1. The molecule has 3 aliphatic carbocycles. The van der Waals surface area contributed by atoms with E-state index in [1.165, 1.54) is 20.1 Å². The predicted molar refractivity (Wildman–Crippen MR) is 176 cm³/mol. The van der Waals surface area contributed by atoms with Crippen molar-refractivity contribution in [3.05, 3.63) is 53.1 Å². The van der Waals surface area contributed by atoms with Gasteiger partial charge in [0.1, 0.15) is 23.5 Å². The molecule has 5 atom stereocenters. The van der Waals surface area contributed by atoms with E-state index in [1.54, 1.807) is 45.0 Å². The molecule has 0 aromatic heterocycles. The first-order valence-electron chi connectivity index (χ1n) is 16.3. The van der Waals surface area contributed by atoms with Crippen LogP contribution in [0.15, 0.2) is 36.4 Å². The van der Waals surface area contributed by atoms with Gasteiger partial charge in [-0.05, 0) is 94.0 Å². The highest BCUT2D eigenvalue weighted by molar-refractivity contribution is 6.48. The second kappa shape index (κ2) is 13.1. The highest BCUT2D eigenvalue weighted by atomic mass is 16.7. The van der Waals surface area contributed by atoms with E-state index in [1.807, 2.05) is 6.07 Å². The molecule has 0 radical (unpaired) electrons. The molecule has 4 aliphatic rings. The maximum absolute atomic E-state index is 13.9. The molecule has 11 nitrogen and oxygen atoms in total. The van der Waals surface area contributed by atoms with Crippen molar-refractivity contribution in [3.63, 3.8) is 0 Å². The second-order valence-corrected chi connectivity index (χ2v) is 14.5. The fourth-order valence-electron chi connectivity index (χ4n) is 7.43. The van der Waals surface area contributed by atoms with Gasteiger partial charge in [-0.2, -0.15) is 0 Å². The molecule has 2 aromatic rings. The Hall–Kier alpha value is -3.61. The molecule has 6 rings (SSSR count). The van der Waals surface area contributed by atoms with Gasteiger partial charge in [0.2, 0.25) is 0 Å². The molecule has 4 fully saturated rings. The molecule has 3 N–H and O–H groups in total. The third kappa shape index (κ3) is 7.00. The van der Waals surface area contributed by atoms with Crippen LogP contribution < -0.4 is 25.3 Å². The van der Waals surface area contributed by atoms with Gasteiger partial charge in [0, 0.05) is 19.0 Å². The van der Waals surface area contributed by atoms with Crippen LogP contribution in [-0.2, 0) is 25.3 Å². The Morgan fingerprint density at radius 2 is 1.85 bits per heavy atom. The van der Waals surface area contributed by atoms with E-state index in [0.29, 0.717) is 28.9 Å². The lowest BCUT2D eigenvalue weighted by Gasteiger charge is -2.64. The molecule has 1 aliphatic heterocycles. The lowest BCUT2D eigenvalue weighted by molar-refractivity contribution is -0.199. The fourth-order valence-corrected chi connectivity index (χ4v) is 7.43. The first kappa shape index (κ1) is 34.7. The average Bonchev–Trinajstić information content (AvgIpc) is 3.36. The summed E-state index contributed by atoms with van der Waals surface area (Å²) < 4.78 is 35.8. The number of carbonyl (C=O) groups excluding carboxylic acids is 3. The van der Waals surface area contributed by atoms with Gasteiger partial charge in [-0.25, -0.2) is 4.79 Å². The lowest BCUT2D eigenvalue weighted by Crippen LogP contribution is -2.65. The Labute approximate surface area is 277 Å². The van der Waals surface area contributed by atoms with Crippen molar-refractivity contribution in [2.45, 2.75) is 91.0 Å². The van der Waals surface area contributed by atoms with Crippen molar-refractivity contribution in [2.75, 3.05) is 20.3 Å². The molecule has 2 bridgehead atoms. The van der Waals surface area contributed by atoms with E-state index in [9.17, 15) is 14.4 Å². The van der Waals surface area contributed by atoms with Crippen molar-refractivity contribution in [1.29, 1.82) is 0 Å². The maximum atomic E-state index is 13.9. The normalized spacial score (nSPS) is 24.8. The fraction of sp³-hybridized carbons (Fsp3) is 0.571. The third-order valence-electron chi connectivity index (χ3n) is 9.81. The zero-order valence-corrected chi connectivity index (χ0v) is 28.6. The molecule has 2 aromatic carbocycles. The molecule has 254 valence electrons. The summed E-state index contributed by atoms with van der Waals surface area (Å²) in [6, 6.07) is 9.87. The number of nitrogens with one attached hydrogen (secondary N) is 1. The van der Waals surface area contributed by atoms with Crippen molar-refractivity contribution in [3.8, 4) is 17.2 Å².